The number of anilines is 3. The van der Waals surface area contributed by atoms with Crippen molar-refractivity contribution in [2.24, 2.45) is 5.92 Å². The normalized spacial score (nSPS) is 18.4. The van der Waals surface area contributed by atoms with Crippen LogP contribution >= 0.6 is 0 Å². The molecule has 3 aliphatic rings. The van der Waals surface area contributed by atoms with E-state index in [1.807, 2.05) is 16.8 Å². The predicted octanol–water partition coefficient (Wildman–Crippen LogP) is 6.78. The monoisotopic (exact) mass is 606 g/mol. The number of aryl methyl sites for hydroxylation is 1. The van der Waals surface area contributed by atoms with Crippen LogP contribution in [0.15, 0.2) is 59.5 Å². The van der Waals surface area contributed by atoms with E-state index in [-0.39, 0.29) is 5.56 Å². The molecule has 3 fully saturated rings. The van der Waals surface area contributed by atoms with Crippen molar-refractivity contribution in [3.63, 3.8) is 0 Å². The van der Waals surface area contributed by atoms with Crippen LogP contribution in [-0.2, 0) is 11.3 Å². The SMILES string of the molecule is Cc1cc(C2CCCC2)ccc1-c1cc2cnc(Nc3ccc(N(C)C4CCNCC4)cc3)nc2n(CC2CCOCC2)c1=O. The highest BCUT2D eigenvalue weighted by Crippen LogP contribution is 2.36. The molecule has 7 rings (SSSR count). The first-order valence-corrected chi connectivity index (χ1v) is 16.9. The number of nitrogens with zero attached hydrogens (tertiary/aromatic N) is 4. The lowest BCUT2D eigenvalue weighted by Gasteiger charge is -2.33. The predicted molar refractivity (Wildman–Crippen MR) is 183 cm³/mol. The van der Waals surface area contributed by atoms with Crippen molar-refractivity contribution in [1.29, 1.82) is 0 Å². The quantitative estimate of drug-likeness (QED) is 0.229. The summed E-state index contributed by atoms with van der Waals surface area (Å²) in [6.45, 7) is 6.38. The molecule has 0 bridgehead atoms. The summed E-state index contributed by atoms with van der Waals surface area (Å²) in [6, 6.07) is 17.7. The van der Waals surface area contributed by atoms with Crippen LogP contribution in [0.4, 0.5) is 17.3 Å². The van der Waals surface area contributed by atoms with E-state index < -0.39 is 0 Å². The zero-order valence-corrected chi connectivity index (χ0v) is 26.7. The van der Waals surface area contributed by atoms with Crippen LogP contribution in [0.5, 0.6) is 0 Å². The van der Waals surface area contributed by atoms with Crippen LogP contribution in [0, 0.1) is 12.8 Å². The summed E-state index contributed by atoms with van der Waals surface area (Å²) >= 11 is 0. The van der Waals surface area contributed by atoms with E-state index in [0.717, 1.165) is 79.8 Å². The van der Waals surface area contributed by atoms with Crippen LogP contribution in [-0.4, -0.2) is 53.9 Å². The molecule has 236 valence electrons. The van der Waals surface area contributed by atoms with Crippen LogP contribution in [0.25, 0.3) is 22.2 Å². The van der Waals surface area contributed by atoms with E-state index in [1.54, 1.807) is 0 Å². The first kappa shape index (κ1) is 29.9. The largest absolute Gasteiger partial charge is 0.381 e. The number of fused-ring (bicyclic) bond motifs is 1. The minimum Gasteiger partial charge on any atom is -0.381 e. The van der Waals surface area contributed by atoms with E-state index in [4.69, 9.17) is 14.7 Å². The third-order valence-corrected chi connectivity index (χ3v) is 10.4. The molecule has 2 N–H and O–H groups in total. The van der Waals surface area contributed by atoms with Crippen molar-refractivity contribution in [2.45, 2.75) is 76.8 Å². The Hall–Kier alpha value is -3.75. The minimum atomic E-state index is 0.0145. The van der Waals surface area contributed by atoms with Crippen molar-refractivity contribution < 1.29 is 4.74 Å². The second kappa shape index (κ2) is 13.3. The molecule has 45 heavy (non-hydrogen) atoms. The Morgan fingerprint density at radius 1 is 0.956 bits per heavy atom. The molecule has 0 amide bonds. The van der Waals surface area contributed by atoms with Gasteiger partial charge in [0.05, 0.1) is 0 Å². The number of pyridine rings is 1. The highest BCUT2D eigenvalue weighted by atomic mass is 16.5. The standard InChI is InChI=1S/C37H46N6O2/c1-25-21-28(27-5-3-4-6-27)7-12-33(25)34-22-29-23-39-37(41-35(29)43(36(34)44)24-26-15-19-45-20-16-26)40-30-8-10-31(11-9-30)42(2)32-13-17-38-18-14-32/h7-12,21-23,26-27,32,38H,3-6,13-20,24H2,1-2H3,(H,39,40,41). The van der Waals surface area contributed by atoms with Gasteiger partial charge in [-0.25, -0.2) is 4.98 Å². The van der Waals surface area contributed by atoms with Gasteiger partial charge in [-0.05, 0) is 117 Å². The molecule has 2 aromatic carbocycles. The molecule has 8 nitrogen and oxygen atoms in total. The zero-order valence-electron chi connectivity index (χ0n) is 26.7. The van der Waals surface area contributed by atoms with E-state index in [1.165, 1.54) is 36.9 Å². The molecule has 2 aliphatic heterocycles. The number of hydrogen-bond acceptors (Lipinski definition) is 7. The van der Waals surface area contributed by atoms with Gasteiger partial charge in [-0.2, -0.15) is 4.98 Å². The Bertz CT molecular complexity index is 1680. The fourth-order valence-electron chi connectivity index (χ4n) is 7.58. The molecule has 2 saturated heterocycles. The fourth-order valence-corrected chi connectivity index (χ4v) is 7.58. The number of ether oxygens (including phenoxy) is 1. The Kier molecular flexibility index (Phi) is 8.85. The fraction of sp³-hybridized carbons (Fsp3) is 0.486. The zero-order chi connectivity index (χ0) is 30.8. The van der Waals surface area contributed by atoms with Gasteiger partial charge < -0.3 is 20.3 Å². The summed E-state index contributed by atoms with van der Waals surface area (Å²) in [5, 5.41) is 7.72. The van der Waals surface area contributed by atoms with Crippen molar-refractivity contribution in [3.8, 4) is 11.1 Å². The van der Waals surface area contributed by atoms with Crippen molar-refractivity contribution in [1.82, 2.24) is 19.9 Å². The maximum atomic E-state index is 14.3. The Morgan fingerprint density at radius 3 is 2.44 bits per heavy atom. The van der Waals surface area contributed by atoms with E-state index in [0.29, 0.717) is 36.0 Å². The first-order chi connectivity index (χ1) is 22.0. The summed E-state index contributed by atoms with van der Waals surface area (Å²) in [6.07, 6.45) is 11.2. The number of nitrogens with one attached hydrogen (secondary N) is 2. The van der Waals surface area contributed by atoms with Gasteiger partial charge in [0.25, 0.3) is 5.56 Å². The lowest BCUT2D eigenvalue weighted by molar-refractivity contribution is 0.0613. The minimum absolute atomic E-state index is 0.0145. The van der Waals surface area contributed by atoms with Gasteiger partial charge in [-0.15, -0.1) is 0 Å². The van der Waals surface area contributed by atoms with Gasteiger partial charge in [-0.1, -0.05) is 31.0 Å². The molecule has 1 aliphatic carbocycles. The highest BCUT2D eigenvalue weighted by molar-refractivity contribution is 5.82. The third kappa shape index (κ3) is 6.49. The molecule has 4 heterocycles. The molecule has 0 spiro atoms. The highest BCUT2D eigenvalue weighted by Gasteiger charge is 2.22. The molecule has 0 atom stereocenters. The summed E-state index contributed by atoms with van der Waals surface area (Å²) < 4.78 is 7.53. The van der Waals surface area contributed by atoms with Gasteiger partial charge in [-0.3, -0.25) is 9.36 Å². The molecular weight excluding hydrogens is 560 g/mol. The number of aromatic nitrogens is 3. The Balaban J connectivity index is 1.20. The summed E-state index contributed by atoms with van der Waals surface area (Å²) in [5.74, 6) is 1.51. The summed E-state index contributed by atoms with van der Waals surface area (Å²) in [7, 11) is 2.18. The second-order valence-corrected chi connectivity index (χ2v) is 13.3. The second-order valence-electron chi connectivity index (χ2n) is 13.3. The third-order valence-electron chi connectivity index (χ3n) is 10.4. The van der Waals surface area contributed by atoms with Gasteiger partial charge in [0, 0.05) is 61.4 Å². The van der Waals surface area contributed by atoms with Gasteiger partial charge >= 0.3 is 0 Å². The molecular formula is C37H46N6O2. The van der Waals surface area contributed by atoms with E-state index in [2.05, 4.69) is 72.0 Å². The van der Waals surface area contributed by atoms with Gasteiger partial charge in [0.1, 0.15) is 5.65 Å². The number of rotatable bonds is 8. The van der Waals surface area contributed by atoms with E-state index in [9.17, 15) is 4.79 Å². The van der Waals surface area contributed by atoms with Crippen molar-refractivity contribution in [2.75, 3.05) is 43.6 Å². The van der Waals surface area contributed by atoms with Crippen LogP contribution in [0.1, 0.15) is 68.4 Å². The molecule has 0 radical (unpaired) electrons. The lowest BCUT2D eigenvalue weighted by atomic mass is 9.92. The maximum absolute atomic E-state index is 14.3. The lowest BCUT2D eigenvalue weighted by Crippen LogP contribution is -2.41. The number of benzene rings is 2. The Labute approximate surface area is 266 Å². The smallest absolute Gasteiger partial charge is 0.260 e. The summed E-state index contributed by atoms with van der Waals surface area (Å²) in [5.41, 5.74) is 7.10. The van der Waals surface area contributed by atoms with Crippen LogP contribution in [0.2, 0.25) is 0 Å². The van der Waals surface area contributed by atoms with E-state index >= 15 is 0 Å². The topological polar surface area (TPSA) is 84.3 Å². The average Bonchev–Trinajstić information content (AvgIpc) is 3.63. The average molecular weight is 607 g/mol. The van der Waals surface area contributed by atoms with Crippen LogP contribution < -0.4 is 21.1 Å². The van der Waals surface area contributed by atoms with Gasteiger partial charge in [0.15, 0.2) is 0 Å². The van der Waals surface area contributed by atoms with Crippen molar-refractivity contribution in [3.05, 3.63) is 76.2 Å². The Morgan fingerprint density at radius 2 is 1.71 bits per heavy atom. The molecule has 4 aromatic rings. The molecule has 1 saturated carbocycles. The number of piperidine rings is 1. The van der Waals surface area contributed by atoms with Crippen molar-refractivity contribution >= 4 is 28.4 Å². The summed E-state index contributed by atoms with van der Waals surface area (Å²) in [4.78, 5) is 26.3. The molecule has 8 heteroatoms. The first-order valence-electron chi connectivity index (χ1n) is 16.9. The maximum Gasteiger partial charge on any atom is 0.260 e. The molecule has 0 unspecified atom stereocenters. The molecule has 2 aromatic heterocycles. The number of hydrogen-bond donors (Lipinski definition) is 2. The van der Waals surface area contributed by atoms with Crippen LogP contribution in [0.3, 0.4) is 0 Å². The van der Waals surface area contributed by atoms with Gasteiger partial charge in [0.2, 0.25) is 5.95 Å².